The highest BCUT2D eigenvalue weighted by molar-refractivity contribution is 7.15. The third-order valence-electron chi connectivity index (χ3n) is 4.26. The van der Waals surface area contributed by atoms with Gasteiger partial charge in [-0.05, 0) is 24.6 Å². The van der Waals surface area contributed by atoms with Crippen LogP contribution in [0.1, 0.15) is 26.6 Å². The normalized spacial score (nSPS) is 14.3. The fourth-order valence-corrected chi connectivity index (χ4v) is 4.05. The van der Waals surface area contributed by atoms with Crippen molar-refractivity contribution < 1.29 is 4.79 Å². The maximum Gasteiger partial charge on any atom is 0.270 e. The molecule has 2 aromatic heterocycles. The van der Waals surface area contributed by atoms with Crippen molar-refractivity contribution in [2.24, 2.45) is 0 Å². The van der Waals surface area contributed by atoms with Gasteiger partial charge in [-0.2, -0.15) is 0 Å². The number of hydrogen-bond acceptors (Lipinski definition) is 4. The van der Waals surface area contributed by atoms with Crippen molar-refractivity contribution in [3.8, 4) is 0 Å². The number of amides is 1. The van der Waals surface area contributed by atoms with Crippen LogP contribution in [0.2, 0.25) is 5.02 Å². The third kappa shape index (κ3) is 2.38. The number of rotatable bonds is 1. The maximum atomic E-state index is 12.8. The van der Waals surface area contributed by atoms with E-state index in [4.69, 9.17) is 17.3 Å². The predicted molar refractivity (Wildman–Crippen MR) is 93.0 cm³/mol. The van der Waals surface area contributed by atoms with Gasteiger partial charge in [-0.25, -0.2) is 4.98 Å². The molecule has 0 unspecified atom stereocenters. The number of nitrogens with one attached hydrogen (secondary N) is 1. The summed E-state index contributed by atoms with van der Waals surface area (Å²) in [7, 11) is 0. The van der Waals surface area contributed by atoms with Gasteiger partial charge in [-0.3, -0.25) is 4.79 Å². The van der Waals surface area contributed by atoms with Gasteiger partial charge in [0.1, 0.15) is 5.69 Å². The van der Waals surface area contributed by atoms with Crippen LogP contribution in [0.25, 0.3) is 10.9 Å². The van der Waals surface area contributed by atoms with Crippen LogP contribution in [-0.2, 0) is 13.0 Å². The smallest absolute Gasteiger partial charge is 0.270 e. The Morgan fingerprint density at radius 2 is 2.30 bits per heavy atom. The molecular weight excluding hydrogens is 332 g/mol. The van der Waals surface area contributed by atoms with Gasteiger partial charge >= 0.3 is 0 Å². The summed E-state index contributed by atoms with van der Waals surface area (Å²) in [5.41, 5.74) is 9.25. The summed E-state index contributed by atoms with van der Waals surface area (Å²) in [5.74, 6) is -0.00524. The highest BCUT2D eigenvalue weighted by Gasteiger charge is 2.25. The molecule has 1 aliphatic rings. The highest BCUT2D eigenvalue weighted by Crippen LogP contribution is 2.29. The molecule has 0 fully saturated rings. The molecule has 3 N–H and O–H groups in total. The average Bonchev–Trinajstić information content (AvgIpc) is 3.12. The first-order valence-electron chi connectivity index (χ1n) is 7.34. The number of H-pyrrole nitrogens is 1. The summed E-state index contributed by atoms with van der Waals surface area (Å²) < 4.78 is 0. The number of aromatic amines is 1. The van der Waals surface area contributed by atoms with Gasteiger partial charge in [0.15, 0.2) is 5.13 Å². The number of nitrogens with zero attached hydrogens (tertiary/aromatic N) is 2. The summed E-state index contributed by atoms with van der Waals surface area (Å²) in [6, 6.07) is 5.67. The van der Waals surface area contributed by atoms with E-state index in [0.29, 0.717) is 28.9 Å². The number of nitrogen functional groups attached to an aromatic ring is 1. The van der Waals surface area contributed by atoms with Crippen LogP contribution in [0.4, 0.5) is 5.13 Å². The molecule has 4 rings (SSSR count). The molecule has 1 aliphatic heterocycles. The first-order valence-corrected chi connectivity index (χ1v) is 8.53. The van der Waals surface area contributed by atoms with E-state index in [1.165, 1.54) is 11.3 Å². The number of fused-ring (bicyclic) bond motifs is 2. The second-order valence-electron chi connectivity index (χ2n) is 5.72. The number of aromatic nitrogens is 2. The Hall–Kier alpha value is -2.05. The number of aryl methyl sites for hydroxylation is 1. The van der Waals surface area contributed by atoms with Crippen molar-refractivity contribution in [1.29, 1.82) is 0 Å². The lowest BCUT2D eigenvalue weighted by Gasteiger charge is -2.25. The monoisotopic (exact) mass is 346 g/mol. The molecular formula is C16H15ClN4OS. The topological polar surface area (TPSA) is 75.0 Å². The number of carbonyl (C=O) groups excluding carboxylic acids is 1. The summed E-state index contributed by atoms with van der Waals surface area (Å²) in [6.07, 6.45) is 0.750. The summed E-state index contributed by atoms with van der Waals surface area (Å²) in [5, 5.41) is 2.26. The molecule has 7 heteroatoms. The quantitative estimate of drug-likeness (QED) is 0.709. The molecule has 118 valence electrons. The lowest BCUT2D eigenvalue weighted by Crippen LogP contribution is -2.35. The molecule has 0 spiro atoms. The van der Waals surface area contributed by atoms with Crippen LogP contribution in [0.15, 0.2) is 18.2 Å². The number of anilines is 1. The van der Waals surface area contributed by atoms with Gasteiger partial charge in [0.25, 0.3) is 5.91 Å². The Morgan fingerprint density at radius 3 is 3.13 bits per heavy atom. The summed E-state index contributed by atoms with van der Waals surface area (Å²) in [4.78, 5) is 23.2. The lowest BCUT2D eigenvalue weighted by atomic mass is 10.1. The van der Waals surface area contributed by atoms with Crippen molar-refractivity contribution >= 4 is 44.9 Å². The third-order valence-corrected chi connectivity index (χ3v) is 5.58. The van der Waals surface area contributed by atoms with Crippen LogP contribution < -0.4 is 5.73 Å². The Labute approximate surface area is 142 Å². The van der Waals surface area contributed by atoms with Crippen molar-refractivity contribution in [3.63, 3.8) is 0 Å². The summed E-state index contributed by atoms with van der Waals surface area (Å²) in [6.45, 7) is 3.17. The zero-order valence-corrected chi connectivity index (χ0v) is 14.1. The molecule has 0 saturated heterocycles. The minimum absolute atomic E-state index is 0.00524. The number of halogens is 1. The molecule has 0 radical (unpaired) electrons. The molecule has 0 aliphatic carbocycles. The van der Waals surface area contributed by atoms with E-state index in [0.717, 1.165) is 33.5 Å². The molecule has 1 aromatic carbocycles. The van der Waals surface area contributed by atoms with E-state index >= 15 is 0 Å². The van der Waals surface area contributed by atoms with E-state index in [9.17, 15) is 4.79 Å². The van der Waals surface area contributed by atoms with Crippen LogP contribution in [0.5, 0.6) is 0 Å². The minimum atomic E-state index is -0.00524. The molecule has 1 amide bonds. The van der Waals surface area contributed by atoms with Gasteiger partial charge < -0.3 is 15.6 Å². The Morgan fingerprint density at radius 1 is 1.48 bits per heavy atom. The number of carbonyl (C=O) groups is 1. The molecule has 0 bridgehead atoms. The molecule has 3 heterocycles. The maximum absolute atomic E-state index is 12.8. The lowest BCUT2D eigenvalue weighted by molar-refractivity contribution is 0.0731. The standard InChI is InChI=1S/C16H15ClN4OS/c1-8-10(17)3-2-9-6-12(19-14(8)9)15(22)21-5-4-11-13(7-21)23-16(18)20-11/h2-3,6,19H,4-5,7H2,1H3,(H2,18,20). The van der Waals surface area contributed by atoms with Gasteiger partial charge in [-0.15, -0.1) is 11.3 Å². The minimum Gasteiger partial charge on any atom is -0.375 e. The van der Waals surface area contributed by atoms with Gasteiger partial charge in [0.2, 0.25) is 0 Å². The molecule has 0 saturated carbocycles. The highest BCUT2D eigenvalue weighted by atomic mass is 35.5. The van der Waals surface area contributed by atoms with Crippen LogP contribution in [-0.4, -0.2) is 27.3 Å². The Kier molecular flexibility index (Phi) is 3.32. The fourth-order valence-electron chi connectivity index (χ4n) is 2.99. The summed E-state index contributed by atoms with van der Waals surface area (Å²) >= 11 is 7.61. The van der Waals surface area contributed by atoms with Crippen molar-refractivity contribution in [2.75, 3.05) is 12.3 Å². The van der Waals surface area contributed by atoms with Crippen molar-refractivity contribution in [3.05, 3.63) is 45.1 Å². The molecule has 5 nitrogen and oxygen atoms in total. The van der Waals surface area contributed by atoms with Crippen LogP contribution in [0, 0.1) is 6.92 Å². The first kappa shape index (κ1) is 14.5. The van der Waals surface area contributed by atoms with Crippen LogP contribution in [0.3, 0.4) is 0 Å². The SMILES string of the molecule is Cc1c(Cl)ccc2cc(C(=O)N3CCc4nc(N)sc4C3)[nH]c12. The van der Waals surface area contributed by atoms with E-state index < -0.39 is 0 Å². The van der Waals surface area contributed by atoms with E-state index in [-0.39, 0.29) is 5.91 Å². The van der Waals surface area contributed by atoms with E-state index in [1.54, 1.807) is 0 Å². The van der Waals surface area contributed by atoms with Gasteiger partial charge in [0, 0.05) is 28.3 Å². The van der Waals surface area contributed by atoms with Gasteiger partial charge in [-0.1, -0.05) is 17.7 Å². The fraction of sp³-hybridized carbons (Fsp3) is 0.250. The second-order valence-corrected chi connectivity index (χ2v) is 7.24. The van der Waals surface area contributed by atoms with Gasteiger partial charge in [0.05, 0.1) is 17.8 Å². The molecule has 23 heavy (non-hydrogen) atoms. The van der Waals surface area contributed by atoms with Crippen molar-refractivity contribution in [1.82, 2.24) is 14.9 Å². The Balaban J connectivity index is 1.66. The number of hydrogen-bond donors (Lipinski definition) is 2. The predicted octanol–water partition coefficient (Wildman–Crippen LogP) is 3.37. The average molecular weight is 347 g/mol. The Bertz CT molecular complexity index is 930. The molecule has 0 atom stereocenters. The largest absolute Gasteiger partial charge is 0.375 e. The molecule has 3 aromatic rings. The first-order chi connectivity index (χ1) is 11.0. The second kappa shape index (κ2) is 5.25. The number of benzene rings is 1. The van der Waals surface area contributed by atoms with E-state index in [2.05, 4.69) is 9.97 Å². The number of thiazole rings is 1. The zero-order chi connectivity index (χ0) is 16.1. The number of nitrogens with two attached hydrogens (primary N) is 1. The van der Waals surface area contributed by atoms with Crippen molar-refractivity contribution in [2.45, 2.75) is 19.9 Å². The van der Waals surface area contributed by atoms with E-state index in [1.807, 2.05) is 30.0 Å². The zero-order valence-electron chi connectivity index (χ0n) is 12.5. The van der Waals surface area contributed by atoms with Crippen LogP contribution >= 0.6 is 22.9 Å².